The van der Waals surface area contributed by atoms with Gasteiger partial charge in [0.05, 0.1) is 10.8 Å². The van der Waals surface area contributed by atoms with Crippen molar-refractivity contribution in [2.24, 2.45) is 0 Å². The molecule has 0 N–H and O–H groups in total. The maximum atomic E-state index is 11.4. The number of para-hydroxylation sites is 1. The fourth-order valence-electron chi connectivity index (χ4n) is 0.960. The lowest BCUT2D eigenvalue weighted by Gasteiger charge is -2.18. The van der Waals surface area contributed by atoms with Crippen molar-refractivity contribution >= 4 is 43.5 Å². The van der Waals surface area contributed by atoms with Crippen LogP contribution >= 0.6 is 31.9 Å². The number of hydrogen-bond donors (Lipinski definition) is 0. The molecule has 0 saturated heterocycles. The fraction of sp³-hybridized carbons (Fsp3) is 0.222. The number of rotatable bonds is 3. The van der Waals surface area contributed by atoms with Crippen LogP contribution in [-0.4, -0.2) is 16.7 Å². The molecule has 0 aliphatic rings. The standard InChI is InChI=1S/C9H9Br2NO/c10-6-9(13)12(7-11)8-4-2-1-3-5-8/h1-5H,6-7H2. The summed E-state index contributed by atoms with van der Waals surface area (Å²) in [7, 11) is 0. The summed E-state index contributed by atoms with van der Waals surface area (Å²) >= 11 is 6.42. The lowest BCUT2D eigenvalue weighted by Crippen LogP contribution is -2.30. The van der Waals surface area contributed by atoms with Gasteiger partial charge in [0.2, 0.25) is 5.91 Å². The second kappa shape index (κ2) is 5.40. The van der Waals surface area contributed by atoms with Gasteiger partial charge in [0.25, 0.3) is 0 Å². The van der Waals surface area contributed by atoms with Crippen LogP contribution in [0.4, 0.5) is 5.69 Å². The summed E-state index contributed by atoms with van der Waals surface area (Å²) in [6.45, 7) is 0. The molecule has 13 heavy (non-hydrogen) atoms. The Morgan fingerprint density at radius 1 is 1.23 bits per heavy atom. The Bertz CT molecular complexity index is 276. The zero-order valence-corrected chi connectivity index (χ0v) is 10.1. The number of carbonyl (C=O) groups excluding carboxylic acids is 1. The Morgan fingerprint density at radius 3 is 2.31 bits per heavy atom. The Kier molecular flexibility index (Phi) is 4.45. The van der Waals surface area contributed by atoms with E-state index in [1.807, 2.05) is 30.3 Å². The molecule has 1 rings (SSSR count). The first kappa shape index (κ1) is 10.7. The topological polar surface area (TPSA) is 20.3 Å². The molecule has 0 aromatic heterocycles. The Labute approximate surface area is 94.2 Å². The zero-order chi connectivity index (χ0) is 9.68. The van der Waals surface area contributed by atoms with Crippen LogP contribution in [0.1, 0.15) is 0 Å². The van der Waals surface area contributed by atoms with Crippen LogP contribution in [0.15, 0.2) is 30.3 Å². The molecule has 1 amide bonds. The predicted octanol–water partition coefficient (Wildman–Crippen LogP) is 2.77. The highest BCUT2D eigenvalue weighted by Crippen LogP contribution is 2.14. The number of benzene rings is 1. The molecule has 0 unspecified atom stereocenters. The van der Waals surface area contributed by atoms with Crippen molar-refractivity contribution in [1.29, 1.82) is 0 Å². The summed E-state index contributed by atoms with van der Waals surface area (Å²) in [5, 5.41) is 0.341. The molecule has 0 fully saturated rings. The molecule has 0 saturated carbocycles. The van der Waals surface area contributed by atoms with Gasteiger partial charge in [-0.05, 0) is 12.1 Å². The molecule has 1 aromatic carbocycles. The third kappa shape index (κ3) is 2.81. The number of carbonyl (C=O) groups is 1. The minimum absolute atomic E-state index is 0.0445. The molecule has 4 heteroatoms. The second-order valence-corrected chi connectivity index (χ2v) is 3.47. The largest absolute Gasteiger partial charge is 0.301 e. The van der Waals surface area contributed by atoms with E-state index in [0.717, 1.165) is 5.69 Å². The van der Waals surface area contributed by atoms with Crippen LogP contribution in [0.5, 0.6) is 0 Å². The number of hydrogen-bond acceptors (Lipinski definition) is 1. The molecule has 2 nitrogen and oxygen atoms in total. The first-order valence-electron chi connectivity index (χ1n) is 3.77. The van der Waals surface area contributed by atoms with Crippen molar-refractivity contribution < 1.29 is 4.79 Å². The molecular weight excluding hydrogens is 298 g/mol. The van der Waals surface area contributed by atoms with E-state index in [1.54, 1.807) is 4.90 Å². The first-order valence-corrected chi connectivity index (χ1v) is 6.01. The highest BCUT2D eigenvalue weighted by atomic mass is 79.9. The minimum Gasteiger partial charge on any atom is -0.301 e. The lowest BCUT2D eigenvalue weighted by atomic mass is 10.3. The van der Waals surface area contributed by atoms with Crippen LogP contribution in [0.25, 0.3) is 0 Å². The highest BCUT2D eigenvalue weighted by molar-refractivity contribution is 9.09. The SMILES string of the molecule is O=C(CBr)N(CBr)c1ccccc1. The van der Waals surface area contributed by atoms with Crippen LogP contribution in [-0.2, 0) is 4.79 Å². The quantitative estimate of drug-likeness (QED) is 0.621. The van der Waals surface area contributed by atoms with Gasteiger partial charge in [-0.1, -0.05) is 50.1 Å². The Balaban J connectivity index is 2.85. The summed E-state index contributed by atoms with van der Waals surface area (Å²) in [5.41, 5.74) is 1.42. The molecule has 1 aromatic rings. The molecule has 0 aliphatic carbocycles. The molecular formula is C9H9Br2NO. The average Bonchev–Trinajstić information content (AvgIpc) is 2.20. The van der Waals surface area contributed by atoms with Gasteiger partial charge >= 0.3 is 0 Å². The second-order valence-electron chi connectivity index (χ2n) is 2.41. The van der Waals surface area contributed by atoms with Crippen molar-refractivity contribution in [3.05, 3.63) is 30.3 Å². The summed E-state index contributed by atoms with van der Waals surface area (Å²) < 4.78 is 0. The predicted molar refractivity (Wildman–Crippen MR) is 61.5 cm³/mol. The van der Waals surface area contributed by atoms with Gasteiger partial charge in [-0.25, -0.2) is 0 Å². The number of alkyl halides is 2. The van der Waals surface area contributed by atoms with Gasteiger partial charge in [0.15, 0.2) is 0 Å². The minimum atomic E-state index is 0.0445. The number of halogens is 2. The zero-order valence-electron chi connectivity index (χ0n) is 6.91. The lowest BCUT2D eigenvalue weighted by molar-refractivity contribution is -0.115. The molecule has 70 valence electrons. The Hall–Kier alpha value is -0.350. The normalized spacial score (nSPS) is 9.69. The third-order valence-corrected chi connectivity index (χ3v) is 2.58. The fourth-order valence-corrected chi connectivity index (χ4v) is 1.83. The monoisotopic (exact) mass is 305 g/mol. The molecule has 0 bridgehead atoms. The maximum absolute atomic E-state index is 11.4. The van der Waals surface area contributed by atoms with E-state index < -0.39 is 0 Å². The van der Waals surface area contributed by atoms with Crippen LogP contribution in [0.3, 0.4) is 0 Å². The van der Waals surface area contributed by atoms with Crippen LogP contribution < -0.4 is 4.90 Å². The summed E-state index contributed by atoms with van der Waals surface area (Å²) in [4.78, 5) is 13.1. The highest BCUT2D eigenvalue weighted by Gasteiger charge is 2.11. The summed E-state index contributed by atoms with van der Waals surface area (Å²) in [6.07, 6.45) is 0. The van der Waals surface area contributed by atoms with Crippen molar-refractivity contribution in [2.75, 3.05) is 15.7 Å². The average molecular weight is 307 g/mol. The van der Waals surface area contributed by atoms with Crippen molar-refractivity contribution in [3.8, 4) is 0 Å². The van der Waals surface area contributed by atoms with Crippen molar-refractivity contribution in [3.63, 3.8) is 0 Å². The first-order chi connectivity index (χ1) is 6.29. The van der Waals surface area contributed by atoms with Crippen LogP contribution in [0.2, 0.25) is 0 Å². The van der Waals surface area contributed by atoms with Crippen LogP contribution in [0, 0.1) is 0 Å². The van der Waals surface area contributed by atoms with Gasteiger partial charge in [0.1, 0.15) is 0 Å². The Morgan fingerprint density at radius 2 is 1.85 bits per heavy atom. The number of amides is 1. The van der Waals surface area contributed by atoms with Crippen molar-refractivity contribution in [1.82, 2.24) is 0 Å². The van der Waals surface area contributed by atoms with Gasteiger partial charge in [-0.3, -0.25) is 4.79 Å². The molecule has 0 aliphatic heterocycles. The molecule has 0 spiro atoms. The van der Waals surface area contributed by atoms with E-state index in [1.165, 1.54) is 0 Å². The smallest absolute Gasteiger partial charge is 0.238 e. The van der Waals surface area contributed by atoms with Gasteiger partial charge in [0, 0.05) is 5.69 Å². The maximum Gasteiger partial charge on any atom is 0.238 e. The van der Waals surface area contributed by atoms with Gasteiger partial charge < -0.3 is 4.90 Å². The number of anilines is 1. The van der Waals surface area contributed by atoms with Gasteiger partial charge in [-0.15, -0.1) is 0 Å². The van der Waals surface area contributed by atoms with E-state index in [9.17, 15) is 4.79 Å². The van der Waals surface area contributed by atoms with E-state index in [4.69, 9.17) is 0 Å². The van der Waals surface area contributed by atoms with E-state index >= 15 is 0 Å². The molecule has 0 atom stereocenters. The summed E-state index contributed by atoms with van der Waals surface area (Å²) in [6, 6.07) is 9.55. The summed E-state index contributed by atoms with van der Waals surface area (Å²) in [5.74, 6) is 0.0445. The van der Waals surface area contributed by atoms with Gasteiger partial charge in [-0.2, -0.15) is 0 Å². The van der Waals surface area contributed by atoms with Crippen molar-refractivity contribution in [2.45, 2.75) is 0 Å². The van der Waals surface area contributed by atoms with E-state index in [-0.39, 0.29) is 5.91 Å². The third-order valence-electron chi connectivity index (χ3n) is 1.60. The molecule has 0 heterocycles. The molecule has 0 radical (unpaired) electrons. The number of nitrogens with zero attached hydrogens (tertiary/aromatic N) is 1. The van der Waals surface area contributed by atoms with E-state index in [2.05, 4.69) is 31.9 Å². The van der Waals surface area contributed by atoms with E-state index in [0.29, 0.717) is 10.8 Å².